The van der Waals surface area contributed by atoms with E-state index in [1.165, 1.54) is 88.7 Å². The van der Waals surface area contributed by atoms with E-state index < -0.39 is 0 Å². The van der Waals surface area contributed by atoms with E-state index in [4.69, 9.17) is 0 Å². The molecule has 0 radical (unpaired) electrons. The van der Waals surface area contributed by atoms with Crippen LogP contribution < -0.4 is 26.2 Å². The molecule has 0 saturated heterocycles. The van der Waals surface area contributed by atoms with Crippen molar-refractivity contribution in [1.29, 1.82) is 0 Å². The molecule has 0 spiro atoms. The number of hydrogen-bond acceptors (Lipinski definition) is 2. The number of rotatable bonds is 9. The van der Waals surface area contributed by atoms with Crippen molar-refractivity contribution in [1.82, 2.24) is 0 Å². The highest BCUT2D eigenvalue weighted by atomic mass is 15.2. The van der Waals surface area contributed by atoms with Crippen molar-refractivity contribution >= 4 is 57.2 Å². The highest BCUT2D eigenvalue weighted by Crippen LogP contribution is 2.55. The maximum Gasteiger partial charge on any atom is 0.252 e. The third-order valence-corrected chi connectivity index (χ3v) is 19.9. The van der Waals surface area contributed by atoms with Gasteiger partial charge in [-0.3, -0.25) is 0 Å². The second-order valence-corrected chi connectivity index (χ2v) is 30.8. The van der Waals surface area contributed by atoms with E-state index in [0.29, 0.717) is 0 Å². The zero-order chi connectivity index (χ0) is 65.8. The van der Waals surface area contributed by atoms with Crippen LogP contribution >= 0.6 is 0 Å². The highest BCUT2D eigenvalue weighted by molar-refractivity contribution is 7.00. The monoisotopic (exact) mass is 1220 g/mol. The summed E-state index contributed by atoms with van der Waals surface area (Å²) in [6.45, 7) is 34.9. The Labute approximate surface area is 560 Å². The van der Waals surface area contributed by atoms with Crippen molar-refractivity contribution in [2.45, 2.75) is 126 Å². The first-order valence-corrected chi connectivity index (χ1v) is 33.8. The second-order valence-electron chi connectivity index (χ2n) is 30.8. The van der Waals surface area contributed by atoms with Crippen molar-refractivity contribution in [2.75, 3.05) is 9.80 Å². The van der Waals surface area contributed by atoms with Gasteiger partial charge in [0, 0.05) is 45.0 Å². The summed E-state index contributed by atoms with van der Waals surface area (Å²) < 4.78 is 0. The summed E-state index contributed by atoms with van der Waals surface area (Å²) >= 11 is 0. The van der Waals surface area contributed by atoms with Gasteiger partial charge in [-0.05, 0) is 172 Å². The zero-order valence-electron chi connectivity index (χ0n) is 57.7. The van der Waals surface area contributed by atoms with E-state index in [1.54, 1.807) is 0 Å². The molecular formula is C91H87BN2. The lowest BCUT2D eigenvalue weighted by atomic mass is 9.33. The Morgan fingerprint density at radius 1 is 0.255 bits per heavy atom. The van der Waals surface area contributed by atoms with Gasteiger partial charge in [0.1, 0.15) is 0 Å². The van der Waals surface area contributed by atoms with Gasteiger partial charge >= 0.3 is 0 Å². The first kappa shape index (κ1) is 61.8. The van der Waals surface area contributed by atoms with Crippen LogP contribution in [0.4, 0.5) is 34.1 Å². The molecule has 0 atom stereocenters. The summed E-state index contributed by atoms with van der Waals surface area (Å²) in [6, 6.07) is 98.0. The molecule has 2 nitrogen and oxygen atoms in total. The van der Waals surface area contributed by atoms with E-state index in [9.17, 15) is 0 Å². The van der Waals surface area contributed by atoms with Gasteiger partial charge in [-0.2, -0.15) is 0 Å². The number of anilines is 6. The fourth-order valence-electron chi connectivity index (χ4n) is 14.9. The Bertz CT molecular complexity index is 4410. The first-order valence-electron chi connectivity index (χ1n) is 33.8. The summed E-state index contributed by atoms with van der Waals surface area (Å²) in [6.07, 6.45) is 0. The van der Waals surface area contributed by atoms with Crippen LogP contribution in [0.3, 0.4) is 0 Å². The minimum absolute atomic E-state index is 0.0797. The summed E-state index contributed by atoms with van der Waals surface area (Å²) in [7, 11) is 0. The Morgan fingerprint density at radius 2 is 0.564 bits per heavy atom. The molecule has 12 aromatic carbocycles. The molecule has 2 aliphatic heterocycles. The molecule has 0 unspecified atom stereocenters. The van der Waals surface area contributed by atoms with Crippen LogP contribution in [0.15, 0.2) is 255 Å². The number of nitrogens with zero attached hydrogens (tertiary/aromatic N) is 2. The number of benzene rings is 12. The molecule has 0 bridgehead atoms. The van der Waals surface area contributed by atoms with Gasteiger partial charge in [-0.1, -0.05) is 319 Å². The maximum absolute atomic E-state index is 2.70. The third-order valence-electron chi connectivity index (χ3n) is 19.9. The molecule has 14 rings (SSSR count). The molecule has 0 N–H and O–H groups in total. The van der Waals surface area contributed by atoms with Gasteiger partial charge in [-0.15, -0.1) is 0 Å². The molecule has 0 aromatic heterocycles. The third kappa shape index (κ3) is 11.2. The van der Waals surface area contributed by atoms with Crippen molar-refractivity contribution < 1.29 is 0 Å². The zero-order valence-corrected chi connectivity index (χ0v) is 57.7. The molecule has 94 heavy (non-hydrogen) atoms. The topological polar surface area (TPSA) is 6.48 Å². The predicted molar refractivity (Wildman–Crippen MR) is 408 cm³/mol. The van der Waals surface area contributed by atoms with E-state index in [0.717, 1.165) is 78.6 Å². The van der Waals surface area contributed by atoms with Crippen LogP contribution in [0.1, 0.15) is 122 Å². The van der Waals surface area contributed by atoms with Crippen molar-refractivity contribution in [3.63, 3.8) is 0 Å². The minimum Gasteiger partial charge on any atom is -0.310 e. The number of hydrogen-bond donors (Lipinski definition) is 0. The lowest BCUT2D eigenvalue weighted by molar-refractivity contribution is 0.568. The second kappa shape index (κ2) is 23.4. The van der Waals surface area contributed by atoms with Crippen LogP contribution in [0.2, 0.25) is 0 Å². The van der Waals surface area contributed by atoms with Gasteiger partial charge in [0.2, 0.25) is 0 Å². The Kier molecular flexibility index (Phi) is 15.4. The number of fused-ring (bicyclic) bond motifs is 4. The van der Waals surface area contributed by atoms with Gasteiger partial charge < -0.3 is 9.80 Å². The van der Waals surface area contributed by atoms with E-state index in [1.807, 2.05) is 0 Å². The van der Waals surface area contributed by atoms with E-state index in [2.05, 4.69) is 368 Å². The molecule has 0 amide bonds. The van der Waals surface area contributed by atoms with Crippen molar-refractivity contribution in [2.24, 2.45) is 0 Å². The van der Waals surface area contributed by atoms with E-state index >= 15 is 0 Å². The fourth-order valence-corrected chi connectivity index (χ4v) is 14.9. The standard InChI is InChI=1S/C91H87BN2/c1-58-46-59(2)84(60(3)47-58)69-54-82-85-83(55-69)94(87-76(63-34-24-18-25-35-63)40-29-41-77(87)64-36-26-19-27-37-64)81-45-43-66(68-50-72(90(10,11)12)57-73(51-68)91(13,14)15)53-79(81)92(85)78-52-65(67-48-70(88(4,5)6)56-71(49-67)89(7,8)9)42-44-80(78)93(82)86-74(61-30-20-16-21-31-61)38-28-39-75(86)62-32-22-17-23-33-62/h16-57H,1-15H3. The maximum atomic E-state index is 2.70. The van der Waals surface area contributed by atoms with Gasteiger partial charge in [0.25, 0.3) is 6.71 Å². The average Bonchev–Trinajstić information content (AvgIpc) is 0.688. The number of aryl methyl sites for hydroxylation is 3. The van der Waals surface area contributed by atoms with Gasteiger partial charge in [0.05, 0.1) is 11.4 Å². The van der Waals surface area contributed by atoms with Crippen LogP contribution in [-0.4, -0.2) is 6.71 Å². The molecule has 2 heterocycles. The van der Waals surface area contributed by atoms with Crippen LogP contribution in [0.5, 0.6) is 0 Å². The van der Waals surface area contributed by atoms with Gasteiger partial charge in [0.15, 0.2) is 0 Å². The van der Waals surface area contributed by atoms with Crippen LogP contribution in [0, 0.1) is 20.8 Å². The summed E-state index contributed by atoms with van der Waals surface area (Å²) in [5.74, 6) is 0. The molecular weight excluding hydrogens is 1130 g/mol. The molecule has 12 aromatic rings. The summed E-state index contributed by atoms with van der Waals surface area (Å²) in [4.78, 5) is 5.40. The first-order chi connectivity index (χ1) is 44.9. The molecule has 3 heteroatoms. The van der Waals surface area contributed by atoms with Crippen molar-refractivity contribution in [3.8, 4) is 77.9 Å². The molecule has 464 valence electrons. The Morgan fingerprint density at radius 3 is 0.862 bits per heavy atom. The van der Waals surface area contributed by atoms with E-state index in [-0.39, 0.29) is 28.4 Å². The van der Waals surface area contributed by atoms with Crippen LogP contribution in [-0.2, 0) is 21.7 Å². The largest absolute Gasteiger partial charge is 0.310 e. The SMILES string of the molecule is Cc1cc(C)c(-c2cc3c4c(c2)N(c2c(-c5ccccc5)cccc2-c2ccccc2)c2ccc(-c5cc(C(C)(C)C)cc(C(C)(C)C)c5)cc2B4c2cc(-c4cc(C(C)(C)C)cc(C(C)(C)C)c4)ccc2N3c2c(-c3ccccc3)cccc2-c2ccccc2)c(C)c1. The fraction of sp³-hybridized carbons (Fsp3) is 0.209. The van der Waals surface area contributed by atoms with Crippen molar-refractivity contribution in [3.05, 3.63) is 294 Å². The lowest BCUT2D eigenvalue weighted by Gasteiger charge is -2.46. The Balaban J connectivity index is 1.20. The molecule has 0 aliphatic carbocycles. The molecule has 2 aliphatic rings. The highest BCUT2D eigenvalue weighted by Gasteiger charge is 2.46. The predicted octanol–water partition coefficient (Wildman–Crippen LogP) is 23.6. The Hall–Kier alpha value is -9.70. The molecule has 0 saturated carbocycles. The quantitative estimate of drug-likeness (QED) is 0.133. The number of para-hydroxylation sites is 2. The average molecular weight is 1220 g/mol. The minimum atomic E-state index is -0.231. The normalized spacial score (nSPS) is 13.0. The summed E-state index contributed by atoms with van der Waals surface area (Å²) in [5, 5.41) is 0. The lowest BCUT2D eigenvalue weighted by Crippen LogP contribution is -2.61. The molecule has 0 fully saturated rings. The van der Waals surface area contributed by atoms with Gasteiger partial charge in [-0.25, -0.2) is 0 Å². The van der Waals surface area contributed by atoms with Crippen LogP contribution in [0.25, 0.3) is 77.9 Å². The smallest absolute Gasteiger partial charge is 0.252 e. The summed E-state index contributed by atoms with van der Waals surface area (Å²) in [5.41, 5.74) is 36.1.